The zero-order chi connectivity index (χ0) is 13.2. The molecule has 2 heterocycles. The van der Waals surface area contributed by atoms with E-state index >= 15 is 0 Å². The number of hydrogen-bond acceptors (Lipinski definition) is 4. The standard InChI is InChI=1S/C14H25N3S/c1-11(2)8-15-9-12-10-18-13(16-12)17-7-5-6-14(17,3)4/h10-11,15H,5-9H2,1-4H3. The lowest BCUT2D eigenvalue weighted by molar-refractivity contribution is 0.516. The lowest BCUT2D eigenvalue weighted by atomic mass is 10.0. The van der Waals surface area contributed by atoms with Gasteiger partial charge in [-0.15, -0.1) is 11.3 Å². The minimum Gasteiger partial charge on any atom is -0.343 e. The maximum Gasteiger partial charge on any atom is 0.185 e. The smallest absolute Gasteiger partial charge is 0.185 e. The van der Waals surface area contributed by atoms with Gasteiger partial charge >= 0.3 is 0 Å². The molecule has 1 aromatic rings. The van der Waals surface area contributed by atoms with E-state index in [0.717, 1.165) is 19.6 Å². The van der Waals surface area contributed by atoms with Crippen molar-refractivity contribution in [1.82, 2.24) is 10.3 Å². The van der Waals surface area contributed by atoms with Crippen LogP contribution in [0.5, 0.6) is 0 Å². The molecule has 3 nitrogen and oxygen atoms in total. The van der Waals surface area contributed by atoms with Gasteiger partial charge in [-0.25, -0.2) is 4.98 Å². The van der Waals surface area contributed by atoms with E-state index in [0.29, 0.717) is 5.92 Å². The Balaban J connectivity index is 1.94. The molecule has 0 bridgehead atoms. The zero-order valence-electron chi connectivity index (χ0n) is 12.0. The van der Waals surface area contributed by atoms with Crippen molar-refractivity contribution >= 4 is 16.5 Å². The fourth-order valence-electron chi connectivity index (χ4n) is 2.45. The van der Waals surface area contributed by atoms with E-state index in [4.69, 9.17) is 4.98 Å². The molecule has 1 aromatic heterocycles. The molecule has 4 heteroatoms. The van der Waals surface area contributed by atoms with E-state index in [9.17, 15) is 0 Å². The van der Waals surface area contributed by atoms with Crippen molar-refractivity contribution in [2.75, 3.05) is 18.0 Å². The first kappa shape index (κ1) is 13.8. The summed E-state index contributed by atoms with van der Waals surface area (Å²) >= 11 is 1.78. The van der Waals surface area contributed by atoms with Crippen molar-refractivity contribution in [3.63, 3.8) is 0 Å². The van der Waals surface area contributed by atoms with E-state index in [1.807, 2.05) is 0 Å². The monoisotopic (exact) mass is 267 g/mol. The maximum absolute atomic E-state index is 4.77. The van der Waals surface area contributed by atoms with Gasteiger partial charge in [0.15, 0.2) is 5.13 Å². The quantitative estimate of drug-likeness (QED) is 0.887. The molecule has 0 atom stereocenters. The highest BCUT2D eigenvalue weighted by Crippen LogP contribution is 2.35. The summed E-state index contributed by atoms with van der Waals surface area (Å²) in [5.41, 5.74) is 1.46. The molecule has 18 heavy (non-hydrogen) atoms. The summed E-state index contributed by atoms with van der Waals surface area (Å²) in [6, 6.07) is 0. The number of nitrogens with one attached hydrogen (secondary N) is 1. The topological polar surface area (TPSA) is 28.2 Å². The van der Waals surface area contributed by atoms with Crippen LogP contribution in [0.4, 0.5) is 5.13 Å². The average molecular weight is 267 g/mol. The van der Waals surface area contributed by atoms with Crippen molar-refractivity contribution in [2.24, 2.45) is 5.92 Å². The van der Waals surface area contributed by atoms with Crippen molar-refractivity contribution in [2.45, 2.75) is 52.6 Å². The number of thiazole rings is 1. The van der Waals surface area contributed by atoms with Crippen LogP contribution in [0.1, 0.15) is 46.2 Å². The molecule has 0 radical (unpaired) electrons. The molecule has 1 fully saturated rings. The highest BCUT2D eigenvalue weighted by Gasteiger charge is 2.33. The molecule has 1 saturated heterocycles. The molecule has 0 unspecified atom stereocenters. The molecule has 0 spiro atoms. The number of aromatic nitrogens is 1. The van der Waals surface area contributed by atoms with Gasteiger partial charge in [0.1, 0.15) is 0 Å². The molecule has 1 N–H and O–H groups in total. The van der Waals surface area contributed by atoms with E-state index in [1.165, 1.54) is 23.7 Å². The highest BCUT2D eigenvalue weighted by molar-refractivity contribution is 7.13. The fourth-order valence-corrected chi connectivity index (χ4v) is 3.47. The summed E-state index contributed by atoms with van der Waals surface area (Å²) in [5, 5.41) is 6.84. The van der Waals surface area contributed by atoms with Crippen LogP contribution < -0.4 is 10.2 Å². The summed E-state index contributed by atoms with van der Waals surface area (Å²) in [6.45, 7) is 12.2. The van der Waals surface area contributed by atoms with Crippen LogP contribution in [0.15, 0.2) is 5.38 Å². The number of anilines is 1. The van der Waals surface area contributed by atoms with Crippen LogP contribution in [-0.4, -0.2) is 23.6 Å². The summed E-state index contributed by atoms with van der Waals surface area (Å²) in [4.78, 5) is 7.23. The van der Waals surface area contributed by atoms with Gasteiger partial charge in [0.2, 0.25) is 0 Å². The second-order valence-electron chi connectivity index (χ2n) is 6.21. The molecule has 0 aromatic carbocycles. The van der Waals surface area contributed by atoms with E-state index in [2.05, 4.69) is 43.3 Å². The van der Waals surface area contributed by atoms with Gasteiger partial charge in [0, 0.05) is 24.0 Å². The van der Waals surface area contributed by atoms with Gasteiger partial charge in [0.25, 0.3) is 0 Å². The fraction of sp³-hybridized carbons (Fsp3) is 0.786. The lowest BCUT2D eigenvalue weighted by Gasteiger charge is -2.31. The largest absolute Gasteiger partial charge is 0.343 e. The van der Waals surface area contributed by atoms with Crippen molar-refractivity contribution < 1.29 is 0 Å². The van der Waals surface area contributed by atoms with Gasteiger partial charge in [0.05, 0.1) is 5.69 Å². The number of rotatable bonds is 5. The van der Waals surface area contributed by atoms with Crippen molar-refractivity contribution in [3.05, 3.63) is 11.1 Å². The molecule has 102 valence electrons. The van der Waals surface area contributed by atoms with Gasteiger partial charge in [-0.3, -0.25) is 0 Å². The van der Waals surface area contributed by atoms with Gasteiger partial charge < -0.3 is 10.2 Å². The highest BCUT2D eigenvalue weighted by atomic mass is 32.1. The second-order valence-corrected chi connectivity index (χ2v) is 7.05. The SMILES string of the molecule is CC(C)CNCc1csc(N2CCCC2(C)C)n1. The van der Waals surface area contributed by atoms with E-state index in [1.54, 1.807) is 11.3 Å². The molecular weight excluding hydrogens is 242 g/mol. The molecular formula is C14H25N3S. The van der Waals surface area contributed by atoms with Crippen LogP contribution in [0.25, 0.3) is 0 Å². The Kier molecular flexibility index (Phi) is 4.28. The Morgan fingerprint density at radius 3 is 2.89 bits per heavy atom. The van der Waals surface area contributed by atoms with Crippen LogP contribution >= 0.6 is 11.3 Å². The van der Waals surface area contributed by atoms with Crippen LogP contribution in [0.2, 0.25) is 0 Å². The first-order valence-corrected chi connectivity index (χ1v) is 7.80. The Bertz CT molecular complexity index is 384. The van der Waals surface area contributed by atoms with Gasteiger partial charge in [-0.2, -0.15) is 0 Å². The molecule has 1 aliphatic heterocycles. The predicted molar refractivity (Wildman–Crippen MR) is 79.3 cm³/mol. The van der Waals surface area contributed by atoms with Crippen LogP contribution in [0, 0.1) is 5.92 Å². The van der Waals surface area contributed by atoms with Gasteiger partial charge in [-0.1, -0.05) is 13.8 Å². The summed E-state index contributed by atoms with van der Waals surface area (Å²) in [7, 11) is 0. The van der Waals surface area contributed by atoms with Crippen molar-refractivity contribution in [3.8, 4) is 0 Å². The van der Waals surface area contributed by atoms with E-state index in [-0.39, 0.29) is 5.54 Å². The van der Waals surface area contributed by atoms with Crippen LogP contribution in [0.3, 0.4) is 0 Å². The molecule has 0 amide bonds. The minimum absolute atomic E-state index is 0.278. The zero-order valence-corrected chi connectivity index (χ0v) is 12.8. The van der Waals surface area contributed by atoms with Crippen LogP contribution in [-0.2, 0) is 6.54 Å². The third-order valence-corrected chi connectivity index (χ3v) is 4.44. The Morgan fingerprint density at radius 2 is 2.28 bits per heavy atom. The van der Waals surface area contributed by atoms with E-state index < -0.39 is 0 Å². The van der Waals surface area contributed by atoms with Crippen molar-refractivity contribution in [1.29, 1.82) is 0 Å². The lowest BCUT2D eigenvalue weighted by Crippen LogP contribution is -2.38. The summed E-state index contributed by atoms with van der Waals surface area (Å²) in [6.07, 6.45) is 2.56. The second kappa shape index (κ2) is 5.57. The first-order chi connectivity index (χ1) is 8.49. The minimum atomic E-state index is 0.278. The normalized spacial score (nSPS) is 18.8. The Labute approximate surface area is 115 Å². The molecule has 0 aliphatic carbocycles. The third kappa shape index (κ3) is 3.23. The predicted octanol–water partition coefficient (Wildman–Crippen LogP) is 3.27. The summed E-state index contributed by atoms with van der Waals surface area (Å²) in [5.74, 6) is 0.695. The third-order valence-electron chi connectivity index (χ3n) is 3.53. The number of hydrogen-bond donors (Lipinski definition) is 1. The summed E-state index contributed by atoms with van der Waals surface area (Å²) < 4.78 is 0. The average Bonchev–Trinajstić information content (AvgIpc) is 2.83. The maximum atomic E-state index is 4.77. The first-order valence-electron chi connectivity index (χ1n) is 6.92. The van der Waals surface area contributed by atoms with Gasteiger partial charge in [-0.05, 0) is 39.2 Å². The Hall–Kier alpha value is -0.610. The number of nitrogens with zero attached hydrogens (tertiary/aromatic N) is 2. The Morgan fingerprint density at radius 1 is 1.50 bits per heavy atom. The molecule has 0 saturated carbocycles. The molecule has 2 rings (SSSR count). The molecule has 1 aliphatic rings.